The van der Waals surface area contributed by atoms with Gasteiger partial charge in [0.15, 0.2) is 11.0 Å². The molecule has 0 aromatic carbocycles. The van der Waals surface area contributed by atoms with E-state index in [1.54, 1.807) is 11.8 Å². The number of hydrogen-bond acceptors (Lipinski definition) is 5. The molecule has 0 bridgehead atoms. The van der Waals surface area contributed by atoms with Gasteiger partial charge < -0.3 is 5.32 Å². The highest BCUT2D eigenvalue weighted by Gasteiger charge is 2.04. The summed E-state index contributed by atoms with van der Waals surface area (Å²) in [6.07, 6.45) is 2.02. The summed E-state index contributed by atoms with van der Waals surface area (Å²) in [4.78, 5) is 3.88. The average molecular weight is 239 g/mol. The van der Waals surface area contributed by atoms with Gasteiger partial charge in [-0.1, -0.05) is 11.6 Å². The van der Waals surface area contributed by atoms with E-state index in [4.69, 9.17) is 23.2 Å². The van der Waals surface area contributed by atoms with E-state index in [2.05, 4.69) is 20.5 Å². The van der Waals surface area contributed by atoms with Crippen LogP contribution in [0.25, 0.3) is 0 Å². The zero-order chi connectivity index (χ0) is 9.68. The SMILES string of the molecule is CSCCNc1nc(Cl)nnc1Cl. The zero-order valence-electron chi connectivity index (χ0n) is 6.92. The van der Waals surface area contributed by atoms with E-state index < -0.39 is 0 Å². The second-order valence-electron chi connectivity index (χ2n) is 2.14. The fraction of sp³-hybridized carbons (Fsp3) is 0.500. The van der Waals surface area contributed by atoms with Crippen molar-refractivity contribution in [1.82, 2.24) is 15.2 Å². The number of hydrogen-bond donors (Lipinski definition) is 1. The van der Waals surface area contributed by atoms with Gasteiger partial charge in [-0.05, 0) is 17.9 Å². The fourth-order valence-corrected chi connectivity index (χ4v) is 1.25. The van der Waals surface area contributed by atoms with Crippen molar-refractivity contribution >= 4 is 40.8 Å². The summed E-state index contributed by atoms with van der Waals surface area (Å²) in [6.45, 7) is 0.774. The number of anilines is 1. The number of rotatable bonds is 4. The van der Waals surface area contributed by atoms with Gasteiger partial charge in [-0.3, -0.25) is 0 Å². The van der Waals surface area contributed by atoms with Crippen LogP contribution in [0.15, 0.2) is 0 Å². The molecule has 13 heavy (non-hydrogen) atoms. The van der Waals surface area contributed by atoms with Crippen LogP contribution in [0.1, 0.15) is 0 Å². The van der Waals surface area contributed by atoms with E-state index in [9.17, 15) is 0 Å². The van der Waals surface area contributed by atoms with Crippen LogP contribution in [0.5, 0.6) is 0 Å². The molecule has 0 aliphatic heterocycles. The molecule has 0 aliphatic carbocycles. The summed E-state index contributed by atoms with van der Waals surface area (Å²) in [5, 5.41) is 10.4. The van der Waals surface area contributed by atoms with Crippen molar-refractivity contribution in [3.8, 4) is 0 Å². The van der Waals surface area contributed by atoms with Crippen LogP contribution in [0, 0.1) is 0 Å². The second kappa shape index (κ2) is 5.47. The van der Waals surface area contributed by atoms with Gasteiger partial charge in [-0.15, -0.1) is 10.2 Å². The third kappa shape index (κ3) is 3.54. The Morgan fingerprint density at radius 1 is 1.38 bits per heavy atom. The molecule has 1 aromatic heterocycles. The molecule has 0 saturated heterocycles. The summed E-state index contributed by atoms with van der Waals surface area (Å²) < 4.78 is 0. The first-order valence-electron chi connectivity index (χ1n) is 3.52. The predicted octanol–water partition coefficient (Wildman–Crippen LogP) is 1.95. The molecule has 72 valence electrons. The first-order chi connectivity index (χ1) is 6.24. The highest BCUT2D eigenvalue weighted by molar-refractivity contribution is 7.98. The number of thioether (sulfide) groups is 1. The van der Waals surface area contributed by atoms with Crippen LogP contribution in [-0.2, 0) is 0 Å². The highest BCUT2D eigenvalue weighted by Crippen LogP contribution is 2.16. The molecule has 1 rings (SSSR count). The molecule has 0 fully saturated rings. The third-order valence-electron chi connectivity index (χ3n) is 1.22. The average Bonchev–Trinajstić information content (AvgIpc) is 2.11. The van der Waals surface area contributed by atoms with Gasteiger partial charge in [0.05, 0.1) is 0 Å². The molecule has 0 radical (unpaired) electrons. The maximum Gasteiger partial charge on any atom is 0.245 e. The minimum Gasteiger partial charge on any atom is -0.367 e. The summed E-state index contributed by atoms with van der Waals surface area (Å²) in [5.74, 6) is 1.45. The molecule has 0 amide bonds. The van der Waals surface area contributed by atoms with Crippen molar-refractivity contribution in [2.24, 2.45) is 0 Å². The molecule has 1 aromatic rings. The first kappa shape index (κ1) is 10.8. The number of nitrogens with one attached hydrogen (secondary N) is 1. The Hall–Kier alpha value is -0.260. The van der Waals surface area contributed by atoms with Crippen LogP contribution >= 0.6 is 35.0 Å². The van der Waals surface area contributed by atoms with Gasteiger partial charge in [0.2, 0.25) is 5.28 Å². The van der Waals surface area contributed by atoms with Crippen molar-refractivity contribution in [3.63, 3.8) is 0 Å². The first-order valence-corrected chi connectivity index (χ1v) is 5.67. The number of nitrogens with zero attached hydrogens (tertiary/aromatic N) is 3. The van der Waals surface area contributed by atoms with Gasteiger partial charge in [-0.2, -0.15) is 16.7 Å². The number of aromatic nitrogens is 3. The van der Waals surface area contributed by atoms with Crippen LogP contribution in [0.4, 0.5) is 5.82 Å². The van der Waals surface area contributed by atoms with Gasteiger partial charge in [0.25, 0.3) is 0 Å². The Bertz CT molecular complexity index is 283. The molecule has 0 aliphatic rings. The van der Waals surface area contributed by atoms with Gasteiger partial charge in [0.1, 0.15) is 0 Å². The minimum atomic E-state index is 0.0936. The predicted molar refractivity (Wildman–Crippen MR) is 56.7 cm³/mol. The molecule has 0 spiro atoms. The molecule has 1 heterocycles. The quantitative estimate of drug-likeness (QED) is 0.814. The topological polar surface area (TPSA) is 50.7 Å². The zero-order valence-corrected chi connectivity index (χ0v) is 9.25. The van der Waals surface area contributed by atoms with E-state index in [1.807, 2.05) is 6.26 Å². The van der Waals surface area contributed by atoms with Crippen LogP contribution in [0.3, 0.4) is 0 Å². The Labute approximate surface area is 90.4 Å². The molecule has 7 heteroatoms. The van der Waals surface area contributed by atoms with Crippen molar-refractivity contribution in [3.05, 3.63) is 10.4 Å². The molecular weight excluding hydrogens is 231 g/mol. The van der Waals surface area contributed by atoms with Crippen molar-refractivity contribution in [1.29, 1.82) is 0 Å². The van der Waals surface area contributed by atoms with E-state index >= 15 is 0 Å². The van der Waals surface area contributed by atoms with Crippen LogP contribution < -0.4 is 5.32 Å². The Balaban J connectivity index is 2.59. The lowest BCUT2D eigenvalue weighted by molar-refractivity contribution is 0.964. The lowest BCUT2D eigenvalue weighted by Crippen LogP contribution is -2.07. The fourth-order valence-electron chi connectivity index (χ4n) is 0.677. The summed E-state index contributed by atoms with van der Waals surface area (Å²) in [7, 11) is 0. The van der Waals surface area contributed by atoms with Crippen molar-refractivity contribution in [2.75, 3.05) is 23.9 Å². The van der Waals surface area contributed by atoms with Crippen molar-refractivity contribution < 1.29 is 0 Å². The minimum absolute atomic E-state index is 0.0936. The van der Waals surface area contributed by atoms with E-state index in [0.717, 1.165) is 12.3 Å². The van der Waals surface area contributed by atoms with E-state index in [0.29, 0.717) is 5.82 Å². The summed E-state index contributed by atoms with van der Waals surface area (Å²) in [5.41, 5.74) is 0. The second-order valence-corrected chi connectivity index (χ2v) is 3.82. The molecule has 0 saturated carbocycles. The van der Waals surface area contributed by atoms with E-state index in [-0.39, 0.29) is 10.4 Å². The normalized spacial score (nSPS) is 10.1. The molecule has 1 N–H and O–H groups in total. The standard InChI is InChI=1S/C6H8Cl2N4S/c1-13-3-2-9-5-4(7)11-12-6(8)10-5/h2-3H2,1H3,(H,9,10,12). The number of halogens is 2. The monoisotopic (exact) mass is 238 g/mol. The molecule has 4 nitrogen and oxygen atoms in total. The van der Waals surface area contributed by atoms with Gasteiger partial charge in [-0.25, -0.2) is 0 Å². The molecular formula is C6H8Cl2N4S. The van der Waals surface area contributed by atoms with Crippen LogP contribution in [-0.4, -0.2) is 33.7 Å². The van der Waals surface area contributed by atoms with Gasteiger partial charge in [0, 0.05) is 12.3 Å². The Kier molecular flexibility index (Phi) is 4.55. The maximum absolute atomic E-state index is 5.71. The Morgan fingerprint density at radius 3 is 2.85 bits per heavy atom. The summed E-state index contributed by atoms with van der Waals surface area (Å²) >= 11 is 13.0. The molecule has 0 unspecified atom stereocenters. The smallest absolute Gasteiger partial charge is 0.245 e. The highest BCUT2D eigenvalue weighted by atomic mass is 35.5. The maximum atomic E-state index is 5.71. The van der Waals surface area contributed by atoms with Gasteiger partial charge >= 0.3 is 0 Å². The molecule has 0 atom stereocenters. The van der Waals surface area contributed by atoms with E-state index in [1.165, 1.54) is 0 Å². The largest absolute Gasteiger partial charge is 0.367 e. The lowest BCUT2D eigenvalue weighted by Gasteiger charge is -2.04. The Morgan fingerprint density at radius 2 is 2.15 bits per heavy atom. The third-order valence-corrected chi connectivity index (χ3v) is 2.25. The van der Waals surface area contributed by atoms with Crippen molar-refractivity contribution in [2.45, 2.75) is 0 Å². The van der Waals surface area contributed by atoms with Crippen LogP contribution in [0.2, 0.25) is 10.4 Å². The lowest BCUT2D eigenvalue weighted by atomic mass is 10.6. The summed E-state index contributed by atoms with van der Waals surface area (Å²) in [6, 6.07) is 0.